The monoisotopic (exact) mass is 364 g/mol. The highest BCUT2D eigenvalue weighted by molar-refractivity contribution is 7.92. The van der Waals surface area contributed by atoms with E-state index in [0.29, 0.717) is 0 Å². The number of anilines is 1. The molecule has 2 rings (SSSR count). The number of primary sulfonamides is 1. The fourth-order valence-electron chi connectivity index (χ4n) is 1.58. The molecule has 6 nitrogen and oxygen atoms in total. The van der Waals surface area contributed by atoms with Crippen LogP contribution in [0.15, 0.2) is 52.3 Å². The summed E-state index contributed by atoms with van der Waals surface area (Å²) in [5.41, 5.74) is 0.0712. The van der Waals surface area contributed by atoms with Gasteiger partial charge in [0.25, 0.3) is 10.0 Å². The number of nitrogens with two attached hydrogens (primary N) is 1. The molecule has 0 heterocycles. The highest BCUT2D eigenvalue weighted by Crippen LogP contribution is 2.22. The van der Waals surface area contributed by atoms with Gasteiger partial charge in [0.1, 0.15) is 5.82 Å². The smallest absolute Gasteiger partial charge is 0.261 e. The summed E-state index contributed by atoms with van der Waals surface area (Å²) in [7, 11) is -7.88. The Morgan fingerprint density at radius 2 is 1.50 bits per heavy atom. The Kier molecular flexibility index (Phi) is 4.43. The van der Waals surface area contributed by atoms with Gasteiger partial charge in [-0.25, -0.2) is 26.4 Å². The van der Waals surface area contributed by atoms with E-state index in [2.05, 4.69) is 4.72 Å². The Balaban J connectivity index is 2.32. The normalized spacial score (nSPS) is 12.1. The summed E-state index contributed by atoms with van der Waals surface area (Å²) in [5, 5.41) is 4.70. The van der Waals surface area contributed by atoms with Crippen LogP contribution in [0, 0.1) is 5.82 Å². The van der Waals surface area contributed by atoms with Crippen molar-refractivity contribution in [2.45, 2.75) is 9.79 Å². The lowest BCUT2D eigenvalue weighted by Gasteiger charge is -2.09. The van der Waals surface area contributed by atoms with Crippen LogP contribution in [0.4, 0.5) is 10.1 Å². The zero-order chi connectivity index (χ0) is 16.5. The van der Waals surface area contributed by atoms with Gasteiger partial charge >= 0.3 is 0 Å². The van der Waals surface area contributed by atoms with E-state index in [1.807, 2.05) is 0 Å². The summed E-state index contributed by atoms with van der Waals surface area (Å²) in [4.78, 5) is -0.392. The first kappa shape index (κ1) is 16.7. The second kappa shape index (κ2) is 5.84. The number of hydrogen-bond donors (Lipinski definition) is 2. The van der Waals surface area contributed by atoms with Crippen LogP contribution in [0.2, 0.25) is 5.02 Å². The number of nitrogens with one attached hydrogen (secondary N) is 1. The zero-order valence-corrected chi connectivity index (χ0v) is 13.2. The summed E-state index contributed by atoms with van der Waals surface area (Å²) in [5.74, 6) is -0.679. The van der Waals surface area contributed by atoms with Gasteiger partial charge in [0.05, 0.1) is 20.5 Å². The van der Waals surface area contributed by atoms with Crippen molar-refractivity contribution in [1.29, 1.82) is 0 Å². The molecule has 0 saturated carbocycles. The maximum atomic E-state index is 13.0. The average molecular weight is 365 g/mol. The molecule has 0 saturated heterocycles. The lowest BCUT2D eigenvalue weighted by atomic mass is 10.3. The first-order valence-electron chi connectivity index (χ1n) is 5.70. The van der Waals surface area contributed by atoms with E-state index in [1.54, 1.807) is 0 Å². The van der Waals surface area contributed by atoms with Gasteiger partial charge in [0, 0.05) is 0 Å². The van der Waals surface area contributed by atoms with E-state index < -0.39 is 25.9 Å². The highest BCUT2D eigenvalue weighted by atomic mass is 35.5. The minimum absolute atomic E-state index is 0.0712. The Morgan fingerprint density at radius 1 is 0.955 bits per heavy atom. The van der Waals surface area contributed by atoms with E-state index in [9.17, 15) is 21.2 Å². The van der Waals surface area contributed by atoms with Crippen LogP contribution in [0.1, 0.15) is 0 Å². The maximum absolute atomic E-state index is 13.0. The van der Waals surface area contributed by atoms with E-state index >= 15 is 0 Å². The number of halogens is 2. The molecule has 0 aliphatic rings. The third-order valence-corrected chi connectivity index (χ3v) is 5.25. The Morgan fingerprint density at radius 3 is 2.00 bits per heavy atom. The molecular formula is C12H10ClFN2O4S2. The lowest BCUT2D eigenvalue weighted by Crippen LogP contribution is -2.15. The SMILES string of the molecule is NS(=O)(=O)c1ccc(S(=O)(=O)Nc2ccc(F)c(Cl)c2)cc1. The zero-order valence-electron chi connectivity index (χ0n) is 10.8. The van der Waals surface area contributed by atoms with Crippen molar-refractivity contribution in [3.63, 3.8) is 0 Å². The van der Waals surface area contributed by atoms with Crippen LogP contribution >= 0.6 is 11.6 Å². The van der Waals surface area contributed by atoms with Gasteiger partial charge in [-0.15, -0.1) is 0 Å². The molecule has 0 aliphatic heterocycles. The van der Waals surface area contributed by atoms with Gasteiger partial charge in [-0.05, 0) is 42.5 Å². The van der Waals surface area contributed by atoms with Crippen LogP contribution in [-0.2, 0) is 20.0 Å². The summed E-state index contributed by atoms with van der Waals surface area (Å²) < 4.78 is 61.7. The van der Waals surface area contributed by atoms with Gasteiger partial charge < -0.3 is 0 Å². The summed E-state index contributed by atoms with van der Waals surface area (Å²) >= 11 is 5.57. The van der Waals surface area contributed by atoms with E-state index in [-0.39, 0.29) is 20.5 Å². The molecular weight excluding hydrogens is 355 g/mol. The third kappa shape index (κ3) is 3.74. The fraction of sp³-hybridized carbons (Fsp3) is 0. The molecule has 118 valence electrons. The largest absolute Gasteiger partial charge is 0.280 e. The van der Waals surface area contributed by atoms with Crippen molar-refractivity contribution in [1.82, 2.24) is 0 Å². The summed E-state index contributed by atoms with van der Waals surface area (Å²) in [6, 6.07) is 7.67. The van der Waals surface area contributed by atoms with Crippen molar-refractivity contribution in [2.24, 2.45) is 5.14 Å². The lowest BCUT2D eigenvalue weighted by molar-refractivity contribution is 0.595. The van der Waals surface area contributed by atoms with E-state index in [0.717, 1.165) is 36.4 Å². The molecule has 22 heavy (non-hydrogen) atoms. The van der Waals surface area contributed by atoms with Crippen molar-refractivity contribution < 1.29 is 21.2 Å². The highest BCUT2D eigenvalue weighted by Gasteiger charge is 2.16. The Hall–Kier alpha value is -1.68. The first-order chi connectivity index (χ1) is 10.1. The minimum atomic E-state index is -3.97. The molecule has 2 aromatic rings. The van der Waals surface area contributed by atoms with Crippen molar-refractivity contribution in [3.8, 4) is 0 Å². The van der Waals surface area contributed by atoms with Gasteiger partial charge in [-0.1, -0.05) is 11.6 Å². The predicted octanol–water partition coefficient (Wildman–Crippen LogP) is 1.93. The van der Waals surface area contributed by atoms with Gasteiger partial charge in [-0.3, -0.25) is 4.72 Å². The van der Waals surface area contributed by atoms with Crippen LogP contribution in [0.5, 0.6) is 0 Å². The molecule has 2 aromatic carbocycles. The molecule has 0 spiro atoms. The summed E-state index contributed by atoms with van der Waals surface area (Å²) in [6.45, 7) is 0. The van der Waals surface area contributed by atoms with Crippen molar-refractivity contribution >= 4 is 37.3 Å². The van der Waals surface area contributed by atoms with Crippen LogP contribution < -0.4 is 9.86 Å². The van der Waals surface area contributed by atoms with Gasteiger partial charge in [0.2, 0.25) is 10.0 Å². The standard InChI is InChI=1S/C12H10ClFN2O4S2/c13-11-7-8(1-6-12(11)14)16-22(19,20)10-4-2-9(3-5-10)21(15,17)18/h1-7,16H,(H2,15,17,18). The molecule has 3 N–H and O–H groups in total. The molecule has 10 heteroatoms. The third-order valence-electron chi connectivity index (χ3n) is 2.63. The Bertz CT molecular complexity index is 913. The van der Waals surface area contributed by atoms with Crippen LogP contribution in [0.3, 0.4) is 0 Å². The predicted molar refractivity (Wildman–Crippen MR) is 80.0 cm³/mol. The minimum Gasteiger partial charge on any atom is -0.280 e. The second-order valence-electron chi connectivity index (χ2n) is 4.25. The Labute approximate surface area is 131 Å². The molecule has 0 atom stereocenters. The molecule has 0 unspecified atom stereocenters. The van der Waals surface area contributed by atoms with Gasteiger partial charge in [0.15, 0.2) is 0 Å². The summed E-state index contributed by atoms with van der Waals surface area (Å²) in [6.07, 6.45) is 0. The van der Waals surface area contributed by atoms with E-state index in [4.69, 9.17) is 16.7 Å². The number of rotatable bonds is 4. The molecule has 0 aromatic heterocycles. The molecule has 0 bridgehead atoms. The van der Waals surface area contributed by atoms with Crippen molar-refractivity contribution in [3.05, 3.63) is 53.3 Å². The fourth-order valence-corrected chi connectivity index (χ4v) is 3.33. The van der Waals surface area contributed by atoms with Crippen LogP contribution in [0.25, 0.3) is 0 Å². The topological polar surface area (TPSA) is 106 Å². The number of sulfonamides is 2. The second-order valence-corrected chi connectivity index (χ2v) is 7.90. The first-order valence-corrected chi connectivity index (χ1v) is 9.11. The van der Waals surface area contributed by atoms with Crippen LogP contribution in [-0.4, -0.2) is 16.8 Å². The van der Waals surface area contributed by atoms with E-state index in [1.165, 1.54) is 6.07 Å². The quantitative estimate of drug-likeness (QED) is 0.864. The molecule has 0 radical (unpaired) electrons. The molecule has 0 fully saturated rings. The number of benzene rings is 2. The molecule has 0 aliphatic carbocycles. The maximum Gasteiger partial charge on any atom is 0.261 e. The number of hydrogen-bond acceptors (Lipinski definition) is 4. The van der Waals surface area contributed by atoms with Gasteiger partial charge in [-0.2, -0.15) is 0 Å². The average Bonchev–Trinajstić information content (AvgIpc) is 2.42. The molecule has 0 amide bonds. The van der Waals surface area contributed by atoms with Crippen molar-refractivity contribution in [2.75, 3.05) is 4.72 Å².